The van der Waals surface area contributed by atoms with Gasteiger partial charge in [0.05, 0.1) is 25.9 Å². The predicted octanol–water partition coefficient (Wildman–Crippen LogP) is -1.90. The molecule has 5 heteroatoms. The summed E-state index contributed by atoms with van der Waals surface area (Å²) >= 11 is 0. The molecular formula is C7H16O5. The van der Waals surface area contributed by atoms with E-state index in [4.69, 9.17) is 20.4 Å². The summed E-state index contributed by atoms with van der Waals surface area (Å²) in [5, 5.41) is 33.2. The number of aliphatic hydroxyl groups is 4. The Morgan fingerprint density at radius 3 is 1.75 bits per heavy atom. The molecule has 0 amide bonds. The van der Waals surface area contributed by atoms with E-state index in [0.29, 0.717) is 0 Å². The average molecular weight is 180 g/mol. The monoisotopic (exact) mass is 180 g/mol. The molecule has 0 spiro atoms. The van der Waals surface area contributed by atoms with Gasteiger partial charge < -0.3 is 25.2 Å². The molecule has 1 aliphatic rings. The topological polar surface area (TPSA) is 90.2 Å². The van der Waals surface area contributed by atoms with Crippen molar-refractivity contribution in [3.63, 3.8) is 0 Å². The van der Waals surface area contributed by atoms with Crippen molar-refractivity contribution < 1.29 is 25.2 Å². The molecule has 4 N–H and O–H groups in total. The molecule has 0 aromatic rings. The maximum atomic E-state index is 8.62. The highest BCUT2D eigenvalue weighted by molar-refractivity contribution is 4.71. The van der Waals surface area contributed by atoms with Gasteiger partial charge in [0.15, 0.2) is 0 Å². The molecule has 0 aliphatic carbocycles. The highest BCUT2D eigenvalue weighted by Crippen LogP contribution is 2.02. The molecule has 1 rings (SSSR count). The maximum Gasteiger partial charge on any atom is 0.105 e. The lowest BCUT2D eigenvalue weighted by Crippen LogP contribution is -2.22. The Morgan fingerprint density at radius 1 is 1.33 bits per heavy atom. The molecule has 2 unspecified atom stereocenters. The highest BCUT2D eigenvalue weighted by Gasteiger charge is 2.22. The molecule has 0 aromatic carbocycles. The van der Waals surface area contributed by atoms with Crippen molar-refractivity contribution in [1.29, 1.82) is 0 Å². The Balaban J connectivity index is 0.000000217. The van der Waals surface area contributed by atoms with Crippen molar-refractivity contribution in [3.8, 4) is 0 Å². The summed E-state index contributed by atoms with van der Waals surface area (Å²) < 4.78 is 4.67. The molecule has 5 nitrogen and oxygen atoms in total. The largest absolute Gasteiger partial charge is 0.394 e. The van der Waals surface area contributed by atoms with Gasteiger partial charge in [-0.3, -0.25) is 0 Å². The van der Waals surface area contributed by atoms with Crippen LogP contribution in [0.4, 0.5) is 0 Å². The fourth-order valence-electron chi connectivity index (χ4n) is 0.532. The van der Waals surface area contributed by atoms with Crippen molar-refractivity contribution in [1.82, 2.24) is 0 Å². The van der Waals surface area contributed by atoms with Crippen LogP contribution in [0, 0.1) is 0 Å². The molecule has 1 saturated heterocycles. The van der Waals surface area contributed by atoms with Crippen molar-refractivity contribution in [2.24, 2.45) is 0 Å². The number of hydrogen-bond donors (Lipinski definition) is 4. The average Bonchev–Trinajstić information content (AvgIpc) is 2.37. The zero-order valence-electron chi connectivity index (χ0n) is 7.05. The van der Waals surface area contributed by atoms with Crippen molar-refractivity contribution >= 4 is 0 Å². The Hall–Kier alpha value is -0.200. The fourth-order valence-corrected chi connectivity index (χ4v) is 0.532. The summed E-state index contributed by atoms with van der Waals surface area (Å²) in [6, 6.07) is 0. The predicted molar refractivity (Wildman–Crippen MR) is 41.6 cm³/mol. The minimum Gasteiger partial charge on any atom is -0.394 e. The Bertz CT molecular complexity index is 98.0. The summed E-state index contributed by atoms with van der Waals surface area (Å²) in [7, 11) is 0. The molecule has 0 bridgehead atoms. The van der Waals surface area contributed by atoms with Gasteiger partial charge in [0.1, 0.15) is 12.2 Å². The van der Waals surface area contributed by atoms with Crippen LogP contribution in [0.15, 0.2) is 0 Å². The molecule has 1 fully saturated rings. The van der Waals surface area contributed by atoms with E-state index in [0.717, 1.165) is 0 Å². The van der Waals surface area contributed by atoms with E-state index in [1.165, 1.54) is 6.92 Å². The van der Waals surface area contributed by atoms with E-state index < -0.39 is 18.3 Å². The number of aliphatic hydroxyl groups excluding tert-OH is 4. The SMILES string of the molecule is C[C@H](O)CO.OC1COCC1O. The van der Waals surface area contributed by atoms with Gasteiger partial charge in [-0.2, -0.15) is 0 Å². The summed E-state index contributed by atoms with van der Waals surface area (Å²) in [5.41, 5.74) is 0. The fraction of sp³-hybridized carbons (Fsp3) is 1.00. The molecule has 0 aromatic heterocycles. The molecule has 74 valence electrons. The lowest BCUT2D eigenvalue weighted by molar-refractivity contribution is 0.0572. The number of ether oxygens (including phenoxy) is 1. The van der Waals surface area contributed by atoms with Crippen LogP contribution >= 0.6 is 0 Å². The van der Waals surface area contributed by atoms with Gasteiger partial charge >= 0.3 is 0 Å². The summed E-state index contributed by atoms with van der Waals surface area (Å²) in [5.74, 6) is 0. The second-order valence-corrected chi connectivity index (χ2v) is 2.70. The quantitative estimate of drug-likeness (QED) is 0.378. The summed E-state index contributed by atoms with van der Waals surface area (Å²) in [4.78, 5) is 0. The van der Waals surface area contributed by atoms with Crippen molar-refractivity contribution in [2.45, 2.75) is 25.2 Å². The van der Waals surface area contributed by atoms with Crippen molar-refractivity contribution in [3.05, 3.63) is 0 Å². The third-order valence-electron chi connectivity index (χ3n) is 1.29. The van der Waals surface area contributed by atoms with Gasteiger partial charge in [-0.25, -0.2) is 0 Å². The maximum absolute atomic E-state index is 8.62. The van der Waals surface area contributed by atoms with Gasteiger partial charge in [0.25, 0.3) is 0 Å². The second-order valence-electron chi connectivity index (χ2n) is 2.70. The van der Waals surface area contributed by atoms with Gasteiger partial charge in [-0.1, -0.05) is 0 Å². The van der Waals surface area contributed by atoms with Gasteiger partial charge in [0, 0.05) is 0 Å². The first-order valence-corrected chi connectivity index (χ1v) is 3.80. The Morgan fingerprint density at radius 2 is 1.67 bits per heavy atom. The minimum absolute atomic E-state index is 0.139. The molecule has 1 heterocycles. The number of rotatable bonds is 1. The van der Waals surface area contributed by atoms with Crippen LogP contribution in [0.2, 0.25) is 0 Å². The Labute approximate surface area is 71.2 Å². The lowest BCUT2D eigenvalue weighted by atomic mass is 10.3. The zero-order valence-corrected chi connectivity index (χ0v) is 7.05. The van der Waals surface area contributed by atoms with Crippen LogP contribution in [-0.2, 0) is 4.74 Å². The van der Waals surface area contributed by atoms with Crippen LogP contribution < -0.4 is 0 Å². The lowest BCUT2D eigenvalue weighted by Gasteiger charge is -2.00. The molecule has 0 saturated carbocycles. The Kier molecular flexibility index (Phi) is 6.23. The normalized spacial score (nSPS) is 30.8. The van der Waals surface area contributed by atoms with Crippen LogP contribution in [0.5, 0.6) is 0 Å². The number of hydrogen-bond acceptors (Lipinski definition) is 5. The van der Waals surface area contributed by atoms with Crippen LogP contribution in [0.25, 0.3) is 0 Å². The summed E-state index contributed by atoms with van der Waals surface area (Å²) in [6.07, 6.45) is -1.87. The summed E-state index contributed by atoms with van der Waals surface area (Å²) in [6.45, 7) is 1.95. The van der Waals surface area contributed by atoms with Crippen LogP contribution in [0.3, 0.4) is 0 Å². The standard InChI is InChI=1S/C4H8O3.C3H8O2/c5-3-1-7-2-4(3)6;1-3(5)2-4/h3-6H,1-2H2;3-5H,2H2,1H3/t;3-/m.0/s1. The van der Waals surface area contributed by atoms with E-state index in [9.17, 15) is 0 Å². The third-order valence-corrected chi connectivity index (χ3v) is 1.29. The molecule has 12 heavy (non-hydrogen) atoms. The molecule has 0 radical (unpaired) electrons. The van der Waals surface area contributed by atoms with E-state index in [-0.39, 0.29) is 19.8 Å². The molecule has 1 aliphatic heterocycles. The minimum atomic E-state index is -0.653. The van der Waals surface area contributed by atoms with E-state index in [1.54, 1.807) is 0 Å². The van der Waals surface area contributed by atoms with Gasteiger partial charge in [-0.05, 0) is 6.92 Å². The second kappa shape index (κ2) is 6.33. The molecule has 3 atom stereocenters. The smallest absolute Gasteiger partial charge is 0.105 e. The third kappa shape index (κ3) is 5.45. The molecular weight excluding hydrogens is 164 g/mol. The van der Waals surface area contributed by atoms with Crippen molar-refractivity contribution in [2.75, 3.05) is 19.8 Å². The zero-order chi connectivity index (χ0) is 9.56. The van der Waals surface area contributed by atoms with Crippen LogP contribution in [0.1, 0.15) is 6.92 Å². The first kappa shape index (κ1) is 11.8. The highest BCUT2D eigenvalue weighted by atomic mass is 16.5. The first-order chi connectivity index (χ1) is 5.57. The van der Waals surface area contributed by atoms with Crippen LogP contribution in [-0.4, -0.2) is 58.6 Å². The van der Waals surface area contributed by atoms with Gasteiger partial charge in [0.2, 0.25) is 0 Å². The first-order valence-electron chi connectivity index (χ1n) is 3.80. The van der Waals surface area contributed by atoms with E-state index in [2.05, 4.69) is 4.74 Å². The van der Waals surface area contributed by atoms with Gasteiger partial charge in [-0.15, -0.1) is 0 Å². The van der Waals surface area contributed by atoms with E-state index >= 15 is 0 Å². The van der Waals surface area contributed by atoms with E-state index in [1.807, 2.05) is 0 Å².